The van der Waals surface area contributed by atoms with Crippen molar-refractivity contribution in [3.8, 4) is 5.75 Å². The van der Waals surface area contributed by atoms with Gasteiger partial charge in [0.2, 0.25) is 0 Å². The third-order valence-electron chi connectivity index (χ3n) is 1.75. The summed E-state index contributed by atoms with van der Waals surface area (Å²) >= 11 is 2.22. The second-order valence-corrected chi connectivity index (χ2v) is 3.50. The van der Waals surface area contributed by atoms with E-state index in [1.165, 1.54) is 0 Å². The third kappa shape index (κ3) is 1.08. The summed E-state index contributed by atoms with van der Waals surface area (Å²) in [6, 6.07) is 5.87. The Bertz CT molecular complexity index is 406. The fraction of sp³-hybridized carbons (Fsp3) is 0.111. The van der Waals surface area contributed by atoms with Gasteiger partial charge in [-0.15, -0.1) is 0 Å². The van der Waals surface area contributed by atoms with Gasteiger partial charge in [0.25, 0.3) is 0 Å². The molecule has 0 saturated carbocycles. The van der Waals surface area contributed by atoms with E-state index in [-0.39, 0.29) is 0 Å². The molecule has 0 bridgehead atoms. The van der Waals surface area contributed by atoms with Crippen LogP contribution < -0.4 is 4.74 Å². The Hall–Kier alpha value is -0.710. The normalized spacial score (nSPS) is 10.5. The summed E-state index contributed by atoms with van der Waals surface area (Å²) in [6.07, 6.45) is 1.69. The van der Waals surface area contributed by atoms with Crippen LogP contribution in [0.2, 0.25) is 0 Å². The van der Waals surface area contributed by atoms with Crippen molar-refractivity contribution in [1.82, 2.24) is 0 Å². The summed E-state index contributed by atoms with van der Waals surface area (Å²) in [5, 5.41) is 1.11. The van der Waals surface area contributed by atoms with Gasteiger partial charge in [0.15, 0.2) is 5.58 Å². The van der Waals surface area contributed by atoms with Crippen molar-refractivity contribution < 1.29 is 9.15 Å². The van der Waals surface area contributed by atoms with E-state index in [9.17, 15) is 0 Å². The lowest BCUT2D eigenvalue weighted by molar-refractivity contribution is 0.411. The first-order valence-corrected chi connectivity index (χ1v) is 4.60. The molecule has 0 N–H and O–H groups in total. The van der Waals surface area contributed by atoms with E-state index in [4.69, 9.17) is 9.15 Å². The van der Waals surface area contributed by atoms with Crippen LogP contribution in [-0.2, 0) is 0 Å². The van der Waals surface area contributed by atoms with E-state index in [1.54, 1.807) is 13.4 Å². The smallest absolute Gasteiger partial charge is 0.150 e. The van der Waals surface area contributed by atoms with Gasteiger partial charge in [0.05, 0.1) is 16.9 Å². The molecule has 0 fully saturated rings. The molecular formula is C9H7IO2. The summed E-state index contributed by atoms with van der Waals surface area (Å²) < 4.78 is 11.5. The van der Waals surface area contributed by atoms with Crippen LogP contribution in [0.4, 0.5) is 0 Å². The van der Waals surface area contributed by atoms with Crippen LogP contribution in [0.15, 0.2) is 28.9 Å². The highest BCUT2D eigenvalue weighted by Crippen LogP contribution is 2.29. The average Bonchev–Trinajstić information content (AvgIpc) is 2.53. The number of hydrogen-bond donors (Lipinski definition) is 0. The number of hydrogen-bond acceptors (Lipinski definition) is 2. The predicted octanol–water partition coefficient (Wildman–Crippen LogP) is 3.05. The lowest BCUT2D eigenvalue weighted by Crippen LogP contribution is -1.85. The molecule has 2 aromatic rings. The van der Waals surface area contributed by atoms with Crippen molar-refractivity contribution >= 4 is 33.6 Å². The molecule has 0 atom stereocenters. The molecule has 1 aromatic heterocycles. The van der Waals surface area contributed by atoms with Crippen LogP contribution in [0.5, 0.6) is 5.75 Å². The van der Waals surface area contributed by atoms with E-state index in [0.29, 0.717) is 0 Å². The Labute approximate surface area is 83.6 Å². The SMILES string of the molecule is COc1ccc2ccoc2c1I. The van der Waals surface area contributed by atoms with Crippen LogP contribution in [0.25, 0.3) is 11.0 Å². The molecule has 0 aliphatic rings. The van der Waals surface area contributed by atoms with Gasteiger partial charge in [0.1, 0.15) is 5.75 Å². The van der Waals surface area contributed by atoms with Gasteiger partial charge in [-0.05, 0) is 40.8 Å². The first kappa shape index (κ1) is 7.91. The number of furan rings is 1. The molecule has 2 rings (SSSR count). The predicted molar refractivity (Wildman–Crippen MR) is 55.5 cm³/mol. The number of rotatable bonds is 1. The number of ether oxygens (including phenoxy) is 1. The molecule has 0 unspecified atom stereocenters. The third-order valence-corrected chi connectivity index (χ3v) is 2.77. The van der Waals surface area contributed by atoms with Crippen molar-refractivity contribution in [3.05, 3.63) is 28.0 Å². The molecule has 0 aliphatic heterocycles. The summed E-state index contributed by atoms with van der Waals surface area (Å²) in [5.41, 5.74) is 0.898. The quantitative estimate of drug-likeness (QED) is 0.746. The number of benzene rings is 1. The largest absolute Gasteiger partial charge is 0.496 e. The highest BCUT2D eigenvalue weighted by molar-refractivity contribution is 14.1. The summed E-state index contributed by atoms with van der Waals surface area (Å²) in [6.45, 7) is 0. The minimum absolute atomic E-state index is 0.859. The highest BCUT2D eigenvalue weighted by Gasteiger charge is 2.06. The number of methoxy groups -OCH3 is 1. The Morgan fingerprint density at radius 2 is 2.17 bits per heavy atom. The van der Waals surface area contributed by atoms with Crippen molar-refractivity contribution in [3.63, 3.8) is 0 Å². The van der Waals surface area contributed by atoms with Gasteiger partial charge in [-0.2, -0.15) is 0 Å². The average molecular weight is 274 g/mol. The van der Waals surface area contributed by atoms with E-state index in [2.05, 4.69) is 22.6 Å². The minimum Gasteiger partial charge on any atom is -0.496 e. The van der Waals surface area contributed by atoms with E-state index in [1.807, 2.05) is 18.2 Å². The van der Waals surface area contributed by atoms with Gasteiger partial charge in [-0.1, -0.05) is 0 Å². The van der Waals surface area contributed by atoms with E-state index >= 15 is 0 Å². The Kier molecular flexibility index (Phi) is 1.96. The van der Waals surface area contributed by atoms with Crippen molar-refractivity contribution in [2.45, 2.75) is 0 Å². The zero-order valence-corrected chi connectivity index (χ0v) is 8.66. The minimum atomic E-state index is 0.859. The van der Waals surface area contributed by atoms with Gasteiger partial charge in [-0.3, -0.25) is 0 Å². The summed E-state index contributed by atoms with van der Waals surface area (Å²) in [5.74, 6) is 0.859. The maximum Gasteiger partial charge on any atom is 0.150 e. The highest BCUT2D eigenvalue weighted by atomic mass is 127. The second-order valence-electron chi connectivity index (χ2n) is 2.42. The topological polar surface area (TPSA) is 22.4 Å². The summed E-state index contributed by atoms with van der Waals surface area (Å²) in [7, 11) is 1.66. The molecule has 0 amide bonds. The molecule has 62 valence electrons. The first-order chi connectivity index (χ1) is 5.83. The van der Waals surface area contributed by atoms with E-state index < -0.39 is 0 Å². The maximum atomic E-state index is 5.30. The van der Waals surface area contributed by atoms with Crippen LogP contribution in [0.1, 0.15) is 0 Å². The molecule has 2 nitrogen and oxygen atoms in total. The standard InChI is InChI=1S/C9H7IO2/c1-11-7-3-2-6-4-5-12-9(6)8(7)10/h2-5H,1H3. The molecule has 0 saturated heterocycles. The Balaban J connectivity index is 2.78. The Morgan fingerprint density at radius 3 is 2.92 bits per heavy atom. The summed E-state index contributed by atoms with van der Waals surface area (Å²) in [4.78, 5) is 0. The lowest BCUT2D eigenvalue weighted by Gasteiger charge is -2.01. The fourth-order valence-electron chi connectivity index (χ4n) is 1.14. The molecule has 0 radical (unpaired) electrons. The fourth-order valence-corrected chi connectivity index (χ4v) is 1.98. The maximum absolute atomic E-state index is 5.30. The molecule has 1 aromatic carbocycles. The van der Waals surface area contributed by atoms with Crippen LogP contribution >= 0.6 is 22.6 Å². The molecule has 3 heteroatoms. The van der Waals surface area contributed by atoms with Crippen molar-refractivity contribution in [1.29, 1.82) is 0 Å². The van der Waals surface area contributed by atoms with Gasteiger partial charge in [-0.25, -0.2) is 0 Å². The van der Waals surface area contributed by atoms with E-state index in [0.717, 1.165) is 20.3 Å². The van der Waals surface area contributed by atoms with Gasteiger partial charge in [0, 0.05) is 5.39 Å². The lowest BCUT2D eigenvalue weighted by atomic mass is 10.2. The first-order valence-electron chi connectivity index (χ1n) is 3.52. The van der Waals surface area contributed by atoms with Crippen LogP contribution in [0, 0.1) is 3.57 Å². The number of halogens is 1. The molecule has 0 spiro atoms. The zero-order valence-electron chi connectivity index (χ0n) is 6.50. The van der Waals surface area contributed by atoms with Crippen LogP contribution in [-0.4, -0.2) is 7.11 Å². The molecular weight excluding hydrogens is 267 g/mol. The molecule has 1 heterocycles. The Morgan fingerprint density at radius 1 is 1.33 bits per heavy atom. The van der Waals surface area contributed by atoms with Crippen molar-refractivity contribution in [2.75, 3.05) is 7.11 Å². The molecule has 12 heavy (non-hydrogen) atoms. The van der Waals surface area contributed by atoms with Crippen LogP contribution in [0.3, 0.4) is 0 Å². The second kappa shape index (κ2) is 2.97. The number of fused-ring (bicyclic) bond motifs is 1. The van der Waals surface area contributed by atoms with Gasteiger partial charge < -0.3 is 9.15 Å². The van der Waals surface area contributed by atoms with Gasteiger partial charge >= 0.3 is 0 Å². The monoisotopic (exact) mass is 274 g/mol. The van der Waals surface area contributed by atoms with Crippen molar-refractivity contribution in [2.24, 2.45) is 0 Å². The zero-order chi connectivity index (χ0) is 8.55. The molecule has 0 aliphatic carbocycles.